The van der Waals surface area contributed by atoms with Crippen molar-refractivity contribution >= 4 is 34.6 Å². The third-order valence-electron chi connectivity index (χ3n) is 6.25. The first-order chi connectivity index (χ1) is 18.1. The SMILES string of the molecule is COc1cccc(NC(=O)c2ccc(-c3ccnc(Nc4cccc(CN5CCN(C)CC5)c4)n3)s2)c1. The molecule has 2 aromatic heterocycles. The van der Waals surface area contributed by atoms with Crippen LogP contribution in [0.25, 0.3) is 10.6 Å². The fourth-order valence-corrected chi connectivity index (χ4v) is 5.06. The van der Waals surface area contributed by atoms with E-state index in [1.54, 1.807) is 19.4 Å². The molecule has 0 saturated carbocycles. The van der Waals surface area contributed by atoms with Crippen LogP contribution in [0.2, 0.25) is 0 Å². The number of benzene rings is 2. The molecule has 3 heterocycles. The number of hydrogen-bond acceptors (Lipinski definition) is 8. The van der Waals surface area contributed by atoms with Gasteiger partial charge in [-0.1, -0.05) is 18.2 Å². The van der Waals surface area contributed by atoms with Crippen molar-refractivity contribution in [1.82, 2.24) is 19.8 Å². The van der Waals surface area contributed by atoms with Crippen molar-refractivity contribution in [3.8, 4) is 16.3 Å². The summed E-state index contributed by atoms with van der Waals surface area (Å²) in [7, 11) is 3.77. The topological polar surface area (TPSA) is 82.6 Å². The lowest BCUT2D eigenvalue weighted by atomic mass is 10.1. The fourth-order valence-electron chi connectivity index (χ4n) is 4.19. The Morgan fingerprint density at radius 3 is 2.65 bits per heavy atom. The Morgan fingerprint density at radius 1 is 1.00 bits per heavy atom. The predicted molar refractivity (Wildman–Crippen MR) is 149 cm³/mol. The zero-order valence-electron chi connectivity index (χ0n) is 21.0. The third-order valence-corrected chi connectivity index (χ3v) is 7.36. The number of anilines is 3. The van der Waals surface area contributed by atoms with Gasteiger partial charge in [-0.2, -0.15) is 0 Å². The Hall–Kier alpha value is -3.79. The maximum atomic E-state index is 12.8. The van der Waals surface area contributed by atoms with Crippen molar-refractivity contribution < 1.29 is 9.53 Å². The highest BCUT2D eigenvalue weighted by Crippen LogP contribution is 2.28. The molecule has 8 nitrogen and oxygen atoms in total. The van der Waals surface area contributed by atoms with Crippen LogP contribution in [0.1, 0.15) is 15.2 Å². The van der Waals surface area contributed by atoms with E-state index in [1.165, 1.54) is 16.9 Å². The molecule has 0 aliphatic carbocycles. The van der Waals surface area contributed by atoms with Gasteiger partial charge in [0.15, 0.2) is 0 Å². The van der Waals surface area contributed by atoms with Gasteiger partial charge in [-0.05, 0) is 55.1 Å². The maximum absolute atomic E-state index is 12.8. The first-order valence-corrected chi connectivity index (χ1v) is 13.0. The molecule has 0 bridgehead atoms. The molecule has 1 fully saturated rings. The Balaban J connectivity index is 1.24. The number of likely N-dealkylation sites (N-methyl/N-ethyl adjacent to an activating group) is 1. The molecule has 0 spiro atoms. The van der Waals surface area contributed by atoms with E-state index in [-0.39, 0.29) is 5.91 Å². The van der Waals surface area contributed by atoms with E-state index in [0.29, 0.717) is 22.3 Å². The number of rotatable bonds is 8. The summed E-state index contributed by atoms with van der Waals surface area (Å²) in [6.07, 6.45) is 1.73. The Bertz CT molecular complexity index is 1370. The molecule has 0 atom stereocenters. The standard InChI is InChI=1S/C28H30N6O2S/c1-33-13-15-34(16-14-33)19-20-5-3-6-21(17-20)31-28-29-12-11-24(32-28)25-9-10-26(37-25)27(35)30-22-7-4-8-23(18-22)36-2/h3-12,17-18H,13-16,19H2,1-2H3,(H,30,35)(H,29,31,32). The van der Waals surface area contributed by atoms with Crippen molar-refractivity contribution in [3.63, 3.8) is 0 Å². The van der Waals surface area contributed by atoms with Gasteiger partial charge in [-0.15, -0.1) is 11.3 Å². The van der Waals surface area contributed by atoms with Gasteiger partial charge in [0.05, 0.1) is 22.6 Å². The van der Waals surface area contributed by atoms with Gasteiger partial charge in [-0.25, -0.2) is 9.97 Å². The van der Waals surface area contributed by atoms with Crippen LogP contribution in [0.5, 0.6) is 5.75 Å². The monoisotopic (exact) mass is 514 g/mol. The number of carbonyl (C=O) groups is 1. The van der Waals surface area contributed by atoms with Crippen molar-refractivity contribution in [3.05, 3.63) is 83.4 Å². The normalized spacial score (nSPS) is 14.3. The molecule has 2 N–H and O–H groups in total. The average Bonchev–Trinajstić information content (AvgIpc) is 3.41. The highest BCUT2D eigenvalue weighted by molar-refractivity contribution is 7.17. The second-order valence-corrected chi connectivity index (χ2v) is 10.1. The minimum atomic E-state index is -0.172. The molecule has 37 heavy (non-hydrogen) atoms. The van der Waals surface area contributed by atoms with Gasteiger partial charge in [0, 0.05) is 56.4 Å². The minimum Gasteiger partial charge on any atom is -0.497 e. The summed E-state index contributed by atoms with van der Waals surface area (Å²) in [6.45, 7) is 5.30. The van der Waals surface area contributed by atoms with E-state index in [9.17, 15) is 4.79 Å². The molecule has 2 aromatic carbocycles. The molecular formula is C28H30N6O2S. The van der Waals surface area contributed by atoms with Crippen molar-refractivity contribution in [2.24, 2.45) is 0 Å². The molecule has 1 aliphatic heterocycles. The van der Waals surface area contributed by atoms with Crippen molar-refractivity contribution in [1.29, 1.82) is 0 Å². The lowest BCUT2D eigenvalue weighted by Crippen LogP contribution is -2.43. The van der Waals surface area contributed by atoms with E-state index in [0.717, 1.165) is 49.0 Å². The van der Waals surface area contributed by atoms with Gasteiger partial charge in [0.1, 0.15) is 5.75 Å². The largest absolute Gasteiger partial charge is 0.497 e. The number of hydrogen-bond donors (Lipinski definition) is 2. The zero-order chi connectivity index (χ0) is 25.6. The average molecular weight is 515 g/mol. The van der Waals surface area contributed by atoms with Crippen LogP contribution in [0, 0.1) is 0 Å². The molecule has 4 aromatic rings. The lowest BCUT2D eigenvalue weighted by Gasteiger charge is -2.32. The number of piperazine rings is 1. The van der Waals surface area contributed by atoms with Crippen LogP contribution in [-0.4, -0.2) is 66.0 Å². The number of carbonyl (C=O) groups excluding carboxylic acids is 1. The Kier molecular flexibility index (Phi) is 7.74. The van der Waals surface area contributed by atoms with Gasteiger partial charge >= 0.3 is 0 Å². The first-order valence-electron chi connectivity index (χ1n) is 12.2. The van der Waals surface area contributed by atoms with E-state index in [1.807, 2.05) is 42.5 Å². The van der Waals surface area contributed by atoms with Gasteiger partial charge in [0.25, 0.3) is 5.91 Å². The van der Waals surface area contributed by atoms with Crippen LogP contribution >= 0.6 is 11.3 Å². The molecule has 1 amide bonds. The number of aromatic nitrogens is 2. The first kappa shape index (κ1) is 24.9. The van der Waals surface area contributed by atoms with E-state index < -0.39 is 0 Å². The van der Waals surface area contributed by atoms with Gasteiger partial charge < -0.3 is 20.3 Å². The Labute approximate surface area is 220 Å². The van der Waals surface area contributed by atoms with Crippen molar-refractivity contribution in [2.45, 2.75) is 6.54 Å². The number of methoxy groups -OCH3 is 1. The zero-order valence-corrected chi connectivity index (χ0v) is 21.8. The molecular weight excluding hydrogens is 484 g/mol. The smallest absolute Gasteiger partial charge is 0.265 e. The van der Waals surface area contributed by atoms with Gasteiger partial charge in [0.2, 0.25) is 5.95 Å². The summed E-state index contributed by atoms with van der Waals surface area (Å²) < 4.78 is 5.23. The molecule has 190 valence electrons. The number of ether oxygens (including phenoxy) is 1. The molecule has 0 radical (unpaired) electrons. The van der Waals surface area contributed by atoms with Crippen LogP contribution in [0.4, 0.5) is 17.3 Å². The second kappa shape index (κ2) is 11.5. The van der Waals surface area contributed by atoms with Gasteiger partial charge in [-0.3, -0.25) is 9.69 Å². The Morgan fingerprint density at radius 2 is 1.81 bits per heavy atom. The van der Waals surface area contributed by atoms with Crippen LogP contribution in [0.15, 0.2) is 72.9 Å². The van der Waals surface area contributed by atoms with E-state index in [4.69, 9.17) is 9.72 Å². The third kappa shape index (κ3) is 6.51. The summed E-state index contributed by atoms with van der Waals surface area (Å²) in [4.78, 5) is 28.2. The minimum absolute atomic E-state index is 0.172. The molecule has 0 unspecified atom stereocenters. The highest BCUT2D eigenvalue weighted by atomic mass is 32.1. The van der Waals surface area contributed by atoms with Crippen LogP contribution < -0.4 is 15.4 Å². The van der Waals surface area contributed by atoms with Crippen LogP contribution in [-0.2, 0) is 6.54 Å². The number of amides is 1. The van der Waals surface area contributed by atoms with E-state index in [2.05, 4.69) is 50.7 Å². The number of thiophene rings is 1. The second-order valence-electron chi connectivity index (χ2n) is 9.02. The summed E-state index contributed by atoms with van der Waals surface area (Å²) in [5, 5.41) is 6.26. The lowest BCUT2D eigenvalue weighted by molar-refractivity contribution is 0.103. The summed E-state index contributed by atoms with van der Waals surface area (Å²) in [5.74, 6) is 1.04. The quantitative estimate of drug-likeness (QED) is 0.344. The fraction of sp³-hybridized carbons (Fsp3) is 0.250. The molecule has 9 heteroatoms. The van der Waals surface area contributed by atoms with Crippen LogP contribution in [0.3, 0.4) is 0 Å². The summed E-state index contributed by atoms with van der Waals surface area (Å²) in [6, 6.07) is 21.3. The summed E-state index contributed by atoms with van der Waals surface area (Å²) in [5.41, 5.74) is 3.66. The predicted octanol–water partition coefficient (Wildman–Crippen LogP) is 4.96. The molecule has 5 rings (SSSR count). The molecule has 1 saturated heterocycles. The highest BCUT2D eigenvalue weighted by Gasteiger charge is 2.15. The van der Waals surface area contributed by atoms with E-state index >= 15 is 0 Å². The summed E-state index contributed by atoms with van der Waals surface area (Å²) >= 11 is 1.39. The molecule has 1 aliphatic rings. The number of nitrogens with one attached hydrogen (secondary N) is 2. The maximum Gasteiger partial charge on any atom is 0.265 e. The number of nitrogens with zero attached hydrogens (tertiary/aromatic N) is 4. The van der Waals surface area contributed by atoms with Crippen molar-refractivity contribution in [2.75, 3.05) is 51.0 Å².